The third-order valence-electron chi connectivity index (χ3n) is 4.23. The third-order valence-corrected chi connectivity index (χ3v) is 6.26. The number of benzene rings is 1. The zero-order valence-corrected chi connectivity index (χ0v) is 13.3. The second-order valence-corrected chi connectivity index (χ2v) is 7.31. The second kappa shape index (κ2) is 5.27. The molecule has 0 radical (unpaired) electrons. The van der Waals surface area contributed by atoms with Gasteiger partial charge in [0.2, 0.25) is 10.0 Å². The van der Waals surface area contributed by atoms with Gasteiger partial charge in [-0.3, -0.25) is 0 Å². The summed E-state index contributed by atoms with van der Waals surface area (Å²) in [6.07, 6.45) is 0. The lowest BCUT2D eigenvalue weighted by Gasteiger charge is -2.34. The summed E-state index contributed by atoms with van der Waals surface area (Å²) in [6.45, 7) is 4.95. The van der Waals surface area contributed by atoms with Crippen molar-refractivity contribution in [3.05, 3.63) is 53.3 Å². The number of fused-ring (bicyclic) bond motifs is 1. The molecule has 0 unspecified atom stereocenters. The van der Waals surface area contributed by atoms with E-state index in [9.17, 15) is 13.7 Å². The maximum absolute atomic E-state index is 13.0. The molecule has 0 saturated carbocycles. The quantitative estimate of drug-likeness (QED) is 0.855. The highest BCUT2D eigenvalue weighted by atomic mass is 32.2. The molecule has 2 aromatic rings. The van der Waals surface area contributed by atoms with Crippen molar-refractivity contribution in [2.45, 2.75) is 31.3 Å². The Balaban J connectivity index is 2.06. The van der Waals surface area contributed by atoms with Crippen molar-refractivity contribution in [1.82, 2.24) is 8.87 Å². The number of rotatable bonds is 2. The van der Waals surface area contributed by atoms with Crippen molar-refractivity contribution in [1.29, 1.82) is 5.26 Å². The minimum absolute atomic E-state index is 0.0843. The van der Waals surface area contributed by atoms with Crippen molar-refractivity contribution in [2.24, 2.45) is 0 Å². The first kappa shape index (κ1) is 14.8. The average Bonchev–Trinajstić information content (AvgIpc) is 2.90. The molecule has 1 aromatic heterocycles. The summed E-state index contributed by atoms with van der Waals surface area (Å²) in [7, 11) is -3.69. The summed E-state index contributed by atoms with van der Waals surface area (Å²) in [5.41, 5.74) is 2.31. The lowest BCUT2D eigenvalue weighted by atomic mass is 10.2. The Labute approximate surface area is 130 Å². The summed E-state index contributed by atoms with van der Waals surface area (Å²) in [5.74, 6) is 0. The maximum Gasteiger partial charge on any atom is 0.245 e. The highest BCUT2D eigenvalue weighted by Crippen LogP contribution is 2.32. The molecule has 2 heterocycles. The molecule has 1 atom stereocenters. The highest BCUT2D eigenvalue weighted by Gasteiger charge is 2.35. The van der Waals surface area contributed by atoms with E-state index in [4.69, 9.17) is 0 Å². The molecular formula is C16H17N3O2S. The van der Waals surface area contributed by atoms with Gasteiger partial charge in [0.1, 0.15) is 6.07 Å². The van der Waals surface area contributed by atoms with E-state index in [2.05, 4.69) is 4.57 Å². The summed E-state index contributed by atoms with van der Waals surface area (Å²) < 4.78 is 29.5. The van der Waals surface area contributed by atoms with Gasteiger partial charge in [0.05, 0.1) is 16.5 Å². The summed E-state index contributed by atoms with van der Waals surface area (Å²) in [5, 5.41) is 9.17. The first-order chi connectivity index (χ1) is 10.5. The largest absolute Gasteiger partial charge is 0.346 e. The van der Waals surface area contributed by atoms with Gasteiger partial charge in [0, 0.05) is 24.5 Å². The Kier molecular flexibility index (Phi) is 3.55. The van der Waals surface area contributed by atoms with Crippen LogP contribution in [0.15, 0.2) is 41.3 Å². The molecule has 0 bridgehead atoms. The molecule has 5 nitrogen and oxygen atoms in total. The van der Waals surface area contributed by atoms with Crippen LogP contribution in [0.25, 0.3) is 0 Å². The molecule has 6 heteroatoms. The Bertz CT molecular complexity index is 862. The molecule has 1 aliphatic heterocycles. The Morgan fingerprint density at radius 3 is 2.64 bits per heavy atom. The lowest BCUT2D eigenvalue weighted by molar-refractivity contribution is 0.280. The van der Waals surface area contributed by atoms with Crippen molar-refractivity contribution >= 4 is 10.0 Å². The molecule has 0 amide bonds. The molecule has 22 heavy (non-hydrogen) atoms. The topological polar surface area (TPSA) is 66.1 Å². The van der Waals surface area contributed by atoms with Crippen LogP contribution in [-0.4, -0.2) is 23.8 Å². The van der Waals surface area contributed by atoms with Gasteiger partial charge in [-0.05, 0) is 38.1 Å². The SMILES string of the molecule is Cc1ccc2n1CCN(S(=O)(=O)c1ccccc1C#N)[C@H]2C. The molecule has 1 aromatic carbocycles. The Morgan fingerprint density at radius 2 is 1.91 bits per heavy atom. The first-order valence-corrected chi connectivity index (χ1v) is 8.58. The molecule has 1 aliphatic rings. The van der Waals surface area contributed by atoms with Gasteiger partial charge in [-0.2, -0.15) is 9.57 Å². The van der Waals surface area contributed by atoms with Crippen LogP contribution in [0.1, 0.15) is 29.9 Å². The average molecular weight is 315 g/mol. The van der Waals surface area contributed by atoms with Crippen LogP contribution in [0.3, 0.4) is 0 Å². The van der Waals surface area contributed by atoms with Gasteiger partial charge in [0.25, 0.3) is 0 Å². The Hall–Kier alpha value is -2.10. The van der Waals surface area contributed by atoms with Crippen LogP contribution in [0.2, 0.25) is 0 Å². The summed E-state index contributed by atoms with van der Waals surface area (Å²) >= 11 is 0. The Morgan fingerprint density at radius 1 is 1.18 bits per heavy atom. The van der Waals surface area contributed by atoms with Gasteiger partial charge < -0.3 is 4.57 Å². The predicted molar refractivity (Wildman–Crippen MR) is 82.6 cm³/mol. The van der Waals surface area contributed by atoms with E-state index >= 15 is 0 Å². The van der Waals surface area contributed by atoms with Crippen LogP contribution in [0, 0.1) is 18.3 Å². The number of hydrogen-bond acceptors (Lipinski definition) is 3. The molecule has 0 N–H and O–H groups in total. The van der Waals surface area contributed by atoms with Gasteiger partial charge in [-0.25, -0.2) is 8.42 Å². The number of nitriles is 1. The van der Waals surface area contributed by atoms with E-state index in [1.807, 2.05) is 32.0 Å². The van der Waals surface area contributed by atoms with Crippen LogP contribution in [-0.2, 0) is 16.6 Å². The van der Waals surface area contributed by atoms with Crippen molar-refractivity contribution < 1.29 is 8.42 Å². The van der Waals surface area contributed by atoms with Crippen LogP contribution in [0.4, 0.5) is 0 Å². The van der Waals surface area contributed by atoms with Gasteiger partial charge in [0.15, 0.2) is 0 Å². The first-order valence-electron chi connectivity index (χ1n) is 7.14. The maximum atomic E-state index is 13.0. The van der Waals surface area contributed by atoms with Crippen LogP contribution >= 0.6 is 0 Å². The fourth-order valence-corrected chi connectivity index (χ4v) is 4.78. The zero-order chi connectivity index (χ0) is 15.9. The van der Waals surface area contributed by atoms with E-state index in [-0.39, 0.29) is 16.5 Å². The molecule has 114 valence electrons. The van der Waals surface area contributed by atoms with Crippen molar-refractivity contribution in [3.8, 4) is 6.07 Å². The molecule has 0 aliphatic carbocycles. The van der Waals surface area contributed by atoms with E-state index in [0.717, 1.165) is 11.4 Å². The van der Waals surface area contributed by atoms with Gasteiger partial charge in [-0.1, -0.05) is 12.1 Å². The van der Waals surface area contributed by atoms with Crippen molar-refractivity contribution in [2.75, 3.05) is 6.54 Å². The van der Waals surface area contributed by atoms with Crippen LogP contribution in [0.5, 0.6) is 0 Å². The lowest BCUT2D eigenvalue weighted by Crippen LogP contribution is -2.41. The monoisotopic (exact) mass is 315 g/mol. The third kappa shape index (κ3) is 2.14. The van der Waals surface area contributed by atoms with E-state index in [1.54, 1.807) is 12.1 Å². The van der Waals surface area contributed by atoms with E-state index in [0.29, 0.717) is 13.1 Å². The number of sulfonamides is 1. The molecule has 3 rings (SSSR count). The van der Waals surface area contributed by atoms with Crippen molar-refractivity contribution in [3.63, 3.8) is 0 Å². The molecule has 0 spiro atoms. The molecular weight excluding hydrogens is 298 g/mol. The van der Waals surface area contributed by atoms with Crippen LogP contribution < -0.4 is 0 Å². The standard InChI is InChI=1S/C16H17N3O2S/c1-12-7-8-15-13(2)19(10-9-18(12)15)22(20,21)16-6-4-3-5-14(16)11-17/h3-8,13H,9-10H2,1-2H3/t13-/m0/s1. The number of aryl methyl sites for hydroxylation is 1. The molecule has 0 saturated heterocycles. The minimum atomic E-state index is -3.69. The zero-order valence-electron chi connectivity index (χ0n) is 12.5. The normalized spacial score (nSPS) is 18.7. The fourth-order valence-electron chi connectivity index (χ4n) is 3.04. The predicted octanol–water partition coefficient (Wildman–Crippen LogP) is 2.43. The summed E-state index contributed by atoms with van der Waals surface area (Å²) in [6, 6.07) is 12.0. The minimum Gasteiger partial charge on any atom is -0.346 e. The van der Waals surface area contributed by atoms with E-state index in [1.165, 1.54) is 16.4 Å². The fraction of sp³-hybridized carbons (Fsp3) is 0.312. The number of aromatic nitrogens is 1. The summed E-state index contributed by atoms with van der Waals surface area (Å²) in [4.78, 5) is 0.0843. The van der Waals surface area contributed by atoms with Gasteiger partial charge in [-0.15, -0.1) is 0 Å². The smallest absolute Gasteiger partial charge is 0.245 e. The van der Waals surface area contributed by atoms with E-state index < -0.39 is 10.0 Å². The molecule has 0 fully saturated rings. The number of hydrogen-bond donors (Lipinski definition) is 0. The van der Waals surface area contributed by atoms with Gasteiger partial charge >= 0.3 is 0 Å². The second-order valence-electron chi connectivity index (χ2n) is 5.45. The highest BCUT2D eigenvalue weighted by molar-refractivity contribution is 7.89. The number of nitrogens with zero attached hydrogens (tertiary/aromatic N) is 3.